The highest BCUT2D eigenvalue weighted by atomic mass is 16.1. The van der Waals surface area contributed by atoms with Crippen LogP contribution in [0.2, 0.25) is 0 Å². The van der Waals surface area contributed by atoms with Crippen LogP contribution in [0.5, 0.6) is 0 Å². The molecule has 1 atom stereocenters. The molecule has 1 amide bonds. The third-order valence-electron chi connectivity index (χ3n) is 5.50. The van der Waals surface area contributed by atoms with Gasteiger partial charge in [0.05, 0.1) is 11.4 Å². The lowest BCUT2D eigenvalue weighted by molar-refractivity contribution is -0.111. The van der Waals surface area contributed by atoms with Gasteiger partial charge in [0.25, 0.3) is 0 Å². The average Bonchev–Trinajstić information content (AvgIpc) is 3.33. The zero-order chi connectivity index (χ0) is 18.7. The molecule has 3 rings (SSSR count). The predicted octanol–water partition coefficient (Wildman–Crippen LogP) is 3.02. The molecule has 2 fully saturated rings. The second-order valence-corrected chi connectivity index (χ2v) is 7.42. The number of carbonyl (C=O) groups is 1. The number of nitrogens with one attached hydrogen (secondary N) is 1. The van der Waals surface area contributed by atoms with Gasteiger partial charge in [-0.2, -0.15) is 0 Å². The van der Waals surface area contributed by atoms with Crippen LogP contribution in [0, 0.1) is 0 Å². The molecule has 1 unspecified atom stereocenters. The first kappa shape index (κ1) is 18.5. The summed E-state index contributed by atoms with van der Waals surface area (Å²) in [6.45, 7) is 12.0. The Hall–Kier alpha value is -2.27. The fourth-order valence-corrected chi connectivity index (χ4v) is 3.81. The first-order chi connectivity index (χ1) is 12.5. The van der Waals surface area contributed by atoms with Crippen molar-refractivity contribution < 1.29 is 4.79 Å². The smallest absolute Gasteiger partial charge is 0.247 e. The molecule has 0 saturated carbocycles. The van der Waals surface area contributed by atoms with Crippen molar-refractivity contribution in [3.05, 3.63) is 43.0 Å². The molecule has 2 aliphatic rings. The van der Waals surface area contributed by atoms with Gasteiger partial charge in [0.2, 0.25) is 5.91 Å². The summed E-state index contributed by atoms with van der Waals surface area (Å²) in [7, 11) is 4.25. The van der Waals surface area contributed by atoms with Crippen LogP contribution in [0.25, 0.3) is 5.70 Å². The highest BCUT2D eigenvalue weighted by molar-refractivity contribution is 6.01. The van der Waals surface area contributed by atoms with E-state index in [4.69, 9.17) is 0 Å². The van der Waals surface area contributed by atoms with E-state index in [1.807, 2.05) is 6.07 Å². The summed E-state index contributed by atoms with van der Waals surface area (Å²) in [5.74, 6) is -0.180. The number of likely N-dealkylation sites (tertiary alicyclic amines) is 1. The first-order valence-corrected chi connectivity index (χ1v) is 9.42. The molecular weight excluding hydrogens is 324 g/mol. The van der Waals surface area contributed by atoms with E-state index in [-0.39, 0.29) is 5.91 Å². The van der Waals surface area contributed by atoms with Crippen LogP contribution in [-0.2, 0) is 4.79 Å². The molecular formula is C21H30N4O. The van der Waals surface area contributed by atoms with Crippen LogP contribution in [0.3, 0.4) is 0 Å². The summed E-state index contributed by atoms with van der Waals surface area (Å²) in [5, 5.41) is 2.96. The van der Waals surface area contributed by atoms with Crippen molar-refractivity contribution in [2.45, 2.75) is 25.3 Å². The quantitative estimate of drug-likeness (QED) is 0.797. The number of rotatable bonds is 6. The summed E-state index contributed by atoms with van der Waals surface area (Å²) >= 11 is 0. The number of amides is 1. The zero-order valence-electron chi connectivity index (χ0n) is 16.0. The van der Waals surface area contributed by atoms with Gasteiger partial charge in [0, 0.05) is 37.9 Å². The molecule has 0 spiro atoms. The van der Waals surface area contributed by atoms with E-state index in [1.54, 1.807) is 0 Å². The number of carbonyl (C=O) groups excluding carboxylic acids is 1. The van der Waals surface area contributed by atoms with E-state index in [9.17, 15) is 4.79 Å². The van der Waals surface area contributed by atoms with E-state index >= 15 is 0 Å². The van der Waals surface area contributed by atoms with Crippen molar-refractivity contribution in [2.75, 3.05) is 50.5 Å². The van der Waals surface area contributed by atoms with Crippen LogP contribution >= 0.6 is 0 Å². The number of hydrogen-bond donors (Lipinski definition) is 1. The summed E-state index contributed by atoms with van der Waals surface area (Å²) in [5.41, 5.74) is 4.12. The number of anilines is 2. The van der Waals surface area contributed by atoms with Gasteiger partial charge in [-0.15, -0.1) is 0 Å². The maximum atomic E-state index is 11.9. The van der Waals surface area contributed by atoms with Gasteiger partial charge >= 0.3 is 0 Å². The summed E-state index contributed by atoms with van der Waals surface area (Å²) in [6.07, 6.45) is 4.90. The highest BCUT2D eigenvalue weighted by Gasteiger charge is 2.26. The molecule has 0 bridgehead atoms. The Bertz CT molecular complexity index is 691. The molecule has 1 N–H and O–H groups in total. The Labute approximate surface area is 157 Å². The van der Waals surface area contributed by atoms with Crippen molar-refractivity contribution in [2.24, 2.45) is 0 Å². The number of likely N-dealkylation sites (N-methyl/N-ethyl adjacent to an activating group) is 1. The topological polar surface area (TPSA) is 38.8 Å². The lowest BCUT2D eigenvalue weighted by Gasteiger charge is -2.26. The maximum absolute atomic E-state index is 11.9. The molecule has 2 saturated heterocycles. The predicted molar refractivity (Wildman–Crippen MR) is 109 cm³/mol. The van der Waals surface area contributed by atoms with Gasteiger partial charge < -0.3 is 20.0 Å². The van der Waals surface area contributed by atoms with Crippen molar-refractivity contribution in [3.8, 4) is 0 Å². The molecule has 26 heavy (non-hydrogen) atoms. The van der Waals surface area contributed by atoms with Crippen molar-refractivity contribution in [1.82, 2.24) is 9.80 Å². The lowest BCUT2D eigenvalue weighted by atomic mass is 10.1. The first-order valence-electron chi connectivity index (χ1n) is 9.42. The van der Waals surface area contributed by atoms with Gasteiger partial charge in [0.15, 0.2) is 0 Å². The van der Waals surface area contributed by atoms with Crippen LogP contribution in [0.1, 0.15) is 24.8 Å². The highest BCUT2D eigenvalue weighted by Crippen LogP contribution is 2.34. The van der Waals surface area contributed by atoms with Gasteiger partial charge in [-0.1, -0.05) is 19.2 Å². The normalized spacial score (nSPS) is 19.9. The van der Waals surface area contributed by atoms with Crippen LogP contribution in [-0.4, -0.2) is 62.0 Å². The van der Waals surface area contributed by atoms with Crippen molar-refractivity contribution in [1.29, 1.82) is 0 Å². The molecule has 140 valence electrons. The van der Waals surface area contributed by atoms with E-state index < -0.39 is 0 Å². The van der Waals surface area contributed by atoms with Gasteiger partial charge in [-0.05, 0) is 57.1 Å². The van der Waals surface area contributed by atoms with Gasteiger partial charge in [0.1, 0.15) is 0 Å². The maximum Gasteiger partial charge on any atom is 0.247 e. The van der Waals surface area contributed by atoms with Crippen molar-refractivity contribution >= 4 is 23.0 Å². The minimum atomic E-state index is -0.180. The zero-order valence-corrected chi connectivity index (χ0v) is 16.0. The van der Waals surface area contributed by atoms with E-state index in [1.165, 1.54) is 18.9 Å². The van der Waals surface area contributed by atoms with Crippen LogP contribution < -0.4 is 10.2 Å². The Kier molecular flexibility index (Phi) is 5.67. The molecule has 2 heterocycles. The Balaban J connectivity index is 1.89. The van der Waals surface area contributed by atoms with Crippen LogP contribution in [0.15, 0.2) is 37.4 Å². The minimum Gasteiger partial charge on any atom is -0.372 e. The van der Waals surface area contributed by atoms with Gasteiger partial charge in [-0.25, -0.2) is 0 Å². The number of hydrogen-bond acceptors (Lipinski definition) is 4. The van der Waals surface area contributed by atoms with E-state index in [2.05, 4.69) is 59.4 Å². The van der Waals surface area contributed by atoms with E-state index in [0.29, 0.717) is 6.04 Å². The standard InChI is InChI=1S/C21H30N4O/c1-5-21(26)22-19-9-8-17(16(2)24-11-6-7-12-24)14-20(19)25-13-10-18(15-25)23(3)4/h5,8-9,14,18H,1-2,6-7,10-13,15H2,3-4H3,(H,22,26). The summed E-state index contributed by atoms with van der Waals surface area (Å²) < 4.78 is 0. The second kappa shape index (κ2) is 7.96. The molecule has 2 aliphatic heterocycles. The third-order valence-corrected chi connectivity index (χ3v) is 5.50. The lowest BCUT2D eigenvalue weighted by Crippen LogP contribution is -2.31. The van der Waals surface area contributed by atoms with Crippen molar-refractivity contribution in [3.63, 3.8) is 0 Å². The average molecular weight is 354 g/mol. The third kappa shape index (κ3) is 3.93. The molecule has 5 heteroatoms. The molecule has 1 aromatic rings. The largest absolute Gasteiger partial charge is 0.372 e. The number of benzene rings is 1. The molecule has 0 aromatic heterocycles. The number of nitrogens with zero attached hydrogens (tertiary/aromatic N) is 3. The summed E-state index contributed by atoms with van der Waals surface area (Å²) in [6, 6.07) is 6.76. The van der Waals surface area contributed by atoms with E-state index in [0.717, 1.165) is 55.2 Å². The van der Waals surface area contributed by atoms with Crippen LogP contribution in [0.4, 0.5) is 11.4 Å². The minimum absolute atomic E-state index is 0.180. The molecule has 1 aromatic carbocycles. The molecule has 0 radical (unpaired) electrons. The monoisotopic (exact) mass is 354 g/mol. The van der Waals surface area contributed by atoms with Gasteiger partial charge in [-0.3, -0.25) is 4.79 Å². The fraction of sp³-hybridized carbons (Fsp3) is 0.476. The SMILES string of the molecule is C=CC(=O)Nc1ccc(C(=C)N2CCCC2)cc1N1CCC(N(C)C)C1. The summed E-state index contributed by atoms with van der Waals surface area (Å²) in [4.78, 5) is 18.9. The Morgan fingerprint density at radius 2 is 2.00 bits per heavy atom. The fourth-order valence-electron chi connectivity index (χ4n) is 3.81. The molecule has 0 aliphatic carbocycles. The Morgan fingerprint density at radius 1 is 1.27 bits per heavy atom. The second-order valence-electron chi connectivity index (χ2n) is 7.42. The Morgan fingerprint density at radius 3 is 2.62 bits per heavy atom. The molecule has 5 nitrogen and oxygen atoms in total.